The van der Waals surface area contributed by atoms with Crippen LogP contribution in [0.3, 0.4) is 0 Å². The maximum Gasteiger partial charge on any atom is 0.336 e. The summed E-state index contributed by atoms with van der Waals surface area (Å²) in [6.07, 6.45) is 1.96. The summed E-state index contributed by atoms with van der Waals surface area (Å²) in [5, 5.41) is 3.38. The Morgan fingerprint density at radius 3 is 2.48 bits per heavy atom. The lowest BCUT2D eigenvalue weighted by Crippen LogP contribution is -2.43. The van der Waals surface area contributed by atoms with Crippen LogP contribution in [-0.2, 0) is 23.9 Å². The summed E-state index contributed by atoms with van der Waals surface area (Å²) < 4.78 is 16.1. The Morgan fingerprint density at radius 1 is 1.12 bits per heavy atom. The van der Waals surface area contributed by atoms with Crippen LogP contribution in [0.15, 0.2) is 46.8 Å². The van der Waals surface area contributed by atoms with E-state index in [9.17, 15) is 14.4 Å². The van der Waals surface area contributed by atoms with Crippen molar-refractivity contribution in [2.45, 2.75) is 52.9 Å². The standard InChI is InChI=1S/C26H33NO6/c1-6-10-18-23(26(30)33-8-3)21(16-11-9-12-17(14-16)31-5)22-19(27-18)13-15(4)20(24(22)28)25(29)32-7-2/h9,11-12,14-15,20-21,27H,6-8,10,13H2,1-5H3. The summed E-state index contributed by atoms with van der Waals surface area (Å²) in [6, 6.07) is 7.34. The first-order valence-corrected chi connectivity index (χ1v) is 11.6. The second-order valence-electron chi connectivity index (χ2n) is 8.36. The Bertz CT molecular complexity index is 992. The Labute approximate surface area is 195 Å². The molecule has 0 saturated carbocycles. The Hall–Kier alpha value is -3.09. The molecule has 178 valence electrons. The number of ether oxygens (including phenoxy) is 3. The molecule has 1 N–H and O–H groups in total. The van der Waals surface area contributed by atoms with Crippen LogP contribution in [0.2, 0.25) is 0 Å². The molecule has 0 radical (unpaired) electrons. The molecule has 2 aliphatic rings. The molecule has 0 aromatic heterocycles. The molecule has 0 amide bonds. The predicted molar refractivity (Wildman–Crippen MR) is 123 cm³/mol. The van der Waals surface area contributed by atoms with E-state index < -0.39 is 23.8 Å². The number of carbonyl (C=O) groups excluding carboxylic acids is 3. The van der Waals surface area contributed by atoms with Crippen LogP contribution < -0.4 is 10.1 Å². The summed E-state index contributed by atoms with van der Waals surface area (Å²) in [6.45, 7) is 7.81. The zero-order chi connectivity index (χ0) is 24.1. The quantitative estimate of drug-likeness (QED) is 0.467. The maximum absolute atomic E-state index is 13.8. The van der Waals surface area contributed by atoms with Crippen LogP contribution >= 0.6 is 0 Å². The van der Waals surface area contributed by atoms with E-state index in [1.807, 2.05) is 38.1 Å². The number of dihydropyridines is 1. The molecule has 3 rings (SSSR count). The van der Waals surface area contributed by atoms with Gasteiger partial charge in [-0.05, 0) is 50.3 Å². The van der Waals surface area contributed by atoms with Crippen molar-refractivity contribution in [1.29, 1.82) is 0 Å². The van der Waals surface area contributed by atoms with E-state index in [2.05, 4.69) is 5.32 Å². The van der Waals surface area contributed by atoms with Crippen molar-refractivity contribution in [3.63, 3.8) is 0 Å². The highest BCUT2D eigenvalue weighted by molar-refractivity contribution is 6.12. The average Bonchev–Trinajstić information content (AvgIpc) is 2.78. The SMILES string of the molecule is CCCC1=C(C(=O)OCC)C(c2cccc(OC)c2)C2=C(CC(C)C(C(=O)OCC)C2=O)N1. The summed E-state index contributed by atoms with van der Waals surface area (Å²) in [4.78, 5) is 39.7. The van der Waals surface area contributed by atoms with E-state index in [-0.39, 0.29) is 24.9 Å². The Morgan fingerprint density at radius 2 is 1.85 bits per heavy atom. The maximum atomic E-state index is 13.8. The summed E-state index contributed by atoms with van der Waals surface area (Å²) in [7, 11) is 1.57. The molecule has 0 saturated heterocycles. The van der Waals surface area contributed by atoms with Gasteiger partial charge in [-0.25, -0.2) is 4.79 Å². The van der Waals surface area contributed by atoms with Gasteiger partial charge in [0.25, 0.3) is 0 Å². The zero-order valence-electron chi connectivity index (χ0n) is 20.0. The first-order valence-electron chi connectivity index (χ1n) is 11.6. The number of nitrogens with one attached hydrogen (secondary N) is 1. The van der Waals surface area contributed by atoms with Crippen molar-refractivity contribution in [3.8, 4) is 5.75 Å². The smallest absolute Gasteiger partial charge is 0.336 e. The van der Waals surface area contributed by atoms with Gasteiger partial charge >= 0.3 is 11.9 Å². The molecule has 0 spiro atoms. The van der Waals surface area contributed by atoms with E-state index in [0.717, 1.165) is 23.4 Å². The number of esters is 2. The highest BCUT2D eigenvalue weighted by atomic mass is 16.5. The van der Waals surface area contributed by atoms with Crippen LogP contribution in [0.5, 0.6) is 5.75 Å². The lowest BCUT2D eigenvalue weighted by atomic mass is 9.69. The number of Topliss-reactive ketones (excluding diaryl/α,β-unsaturated/α-hetero) is 1. The van der Waals surface area contributed by atoms with Crippen molar-refractivity contribution in [2.24, 2.45) is 11.8 Å². The molecule has 7 nitrogen and oxygen atoms in total. The third-order valence-electron chi connectivity index (χ3n) is 6.14. The molecule has 1 aliphatic carbocycles. The molecule has 1 aromatic rings. The van der Waals surface area contributed by atoms with Gasteiger partial charge < -0.3 is 19.5 Å². The van der Waals surface area contributed by atoms with E-state index >= 15 is 0 Å². The van der Waals surface area contributed by atoms with E-state index in [0.29, 0.717) is 29.7 Å². The highest BCUT2D eigenvalue weighted by Gasteiger charge is 2.47. The van der Waals surface area contributed by atoms with Crippen molar-refractivity contribution >= 4 is 17.7 Å². The number of hydrogen-bond acceptors (Lipinski definition) is 7. The third-order valence-corrected chi connectivity index (χ3v) is 6.14. The molecule has 1 heterocycles. The topological polar surface area (TPSA) is 90.9 Å². The molecular formula is C26H33NO6. The van der Waals surface area contributed by atoms with Gasteiger partial charge in [0, 0.05) is 22.9 Å². The fourth-order valence-corrected chi connectivity index (χ4v) is 4.75. The van der Waals surface area contributed by atoms with Crippen LogP contribution in [-0.4, -0.2) is 38.0 Å². The third kappa shape index (κ3) is 4.82. The summed E-state index contributed by atoms with van der Waals surface area (Å²) >= 11 is 0. The first-order chi connectivity index (χ1) is 15.9. The molecule has 3 atom stereocenters. The predicted octanol–water partition coefficient (Wildman–Crippen LogP) is 4.04. The van der Waals surface area contributed by atoms with Gasteiger partial charge in [-0.15, -0.1) is 0 Å². The summed E-state index contributed by atoms with van der Waals surface area (Å²) in [5.41, 5.74) is 3.11. The molecule has 1 aromatic carbocycles. The largest absolute Gasteiger partial charge is 0.497 e. The van der Waals surface area contributed by atoms with Crippen molar-refractivity contribution < 1.29 is 28.6 Å². The second-order valence-corrected chi connectivity index (χ2v) is 8.36. The highest BCUT2D eigenvalue weighted by Crippen LogP contribution is 2.46. The second kappa shape index (κ2) is 10.7. The number of allylic oxidation sites excluding steroid dienone is 3. The van der Waals surface area contributed by atoms with Crippen molar-refractivity contribution in [3.05, 3.63) is 52.4 Å². The molecule has 7 heteroatoms. The fraction of sp³-hybridized carbons (Fsp3) is 0.500. The number of methoxy groups -OCH3 is 1. The van der Waals surface area contributed by atoms with E-state index in [4.69, 9.17) is 14.2 Å². The Balaban J connectivity index is 2.22. The van der Waals surface area contributed by atoms with Gasteiger partial charge in [0.1, 0.15) is 11.7 Å². The lowest BCUT2D eigenvalue weighted by molar-refractivity contribution is -0.153. The van der Waals surface area contributed by atoms with Gasteiger partial charge in [0.15, 0.2) is 5.78 Å². The van der Waals surface area contributed by atoms with Crippen molar-refractivity contribution in [2.75, 3.05) is 20.3 Å². The van der Waals surface area contributed by atoms with Crippen molar-refractivity contribution in [1.82, 2.24) is 5.32 Å². The van der Waals surface area contributed by atoms with Gasteiger partial charge in [0.05, 0.1) is 25.9 Å². The number of carbonyl (C=O) groups is 3. The minimum atomic E-state index is -0.908. The average molecular weight is 456 g/mol. The molecule has 0 fully saturated rings. The molecule has 1 aliphatic heterocycles. The minimum absolute atomic E-state index is 0.202. The van der Waals surface area contributed by atoms with Crippen LogP contribution in [0.25, 0.3) is 0 Å². The van der Waals surface area contributed by atoms with Crippen LogP contribution in [0.4, 0.5) is 0 Å². The lowest BCUT2D eigenvalue weighted by Gasteiger charge is -2.39. The number of benzene rings is 1. The molecular weight excluding hydrogens is 422 g/mol. The van der Waals surface area contributed by atoms with E-state index in [1.165, 1.54) is 0 Å². The number of ketones is 1. The van der Waals surface area contributed by atoms with Gasteiger partial charge in [-0.1, -0.05) is 32.4 Å². The molecule has 0 bridgehead atoms. The van der Waals surface area contributed by atoms with Gasteiger partial charge in [-0.2, -0.15) is 0 Å². The van der Waals surface area contributed by atoms with Gasteiger partial charge in [-0.3, -0.25) is 9.59 Å². The van der Waals surface area contributed by atoms with Gasteiger partial charge in [0.2, 0.25) is 0 Å². The van der Waals surface area contributed by atoms with Crippen LogP contribution in [0, 0.1) is 11.8 Å². The Kier molecular flexibility index (Phi) is 7.95. The first kappa shape index (κ1) is 24.6. The fourth-order valence-electron chi connectivity index (χ4n) is 4.75. The number of rotatable bonds is 8. The van der Waals surface area contributed by atoms with E-state index in [1.54, 1.807) is 21.0 Å². The minimum Gasteiger partial charge on any atom is -0.497 e. The number of hydrogen-bond donors (Lipinski definition) is 1. The van der Waals surface area contributed by atoms with Crippen LogP contribution in [0.1, 0.15) is 58.4 Å². The monoisotopic (exact) mass is 455 g/mol. The zero-order valence-corrected chi connectivity index (χ0v) is 20.0. The molecule has 3 unspecified atom stereocenters. The summed E-state index contributed by atoms with van der Waals surface area (Å²) in [5.74, 6) is -2.46. The normalized spacial score (nSPS) is 22.5. The molecule has 33 heavy (non-hydrogen) atoms.